The SMILES string of the molecule is NC(=O)C12CC1C=CCCCCCNC(=O)N1CC(O)CC1C(=O)N2. The number of urea groups is 1. The molecule has 5 N–H and O–H groups in total. The van der Waals surface area contributed by atoms with E-state index in [9.17, 15) is 19.5 Å². The zero-order valence-corrected chi connectivity index (χ0v) is 14.2. The molecule has 4 amide bonds. The molecule has 3 aliphatic rings. The predicted octanol–water partition coefficient (Wildman–Crippen LogP) is -0.378. The highest BCUT2D eigenvalue weighted by Gasteiger charge is 2.59. The highest BCUT2D eigenvalue weighted by molar-refractivity contribution is 5.96. The first-order valence-corrected chi connectivity index (χ1v) is 8.95. The molecule has 3 rings (SSSR count). The number of nitrogens with two attached hydrogens (primary N) is 1. The lowest BCUT2D eigenvalue weighted by atomic mass is 10.1. The maximum absolute atomic E-state index is 12.7. The number of nitrogens with one attached hydrogen (secondary N) is 2. The summed E-state index contributed by atoms with van der Waals surface area (Å²) in [5.74, 6) is -1.10. The average Bonchev–Trinajstić information content (AvgIpc) is 3.11. The third-order valence-corrected chi connectivity index (χ3v) is 5.34. The molecular formula is C17H26N4O4. The van der Waals surface area contributed by atoms with Crippen LogP contribution in [0.4, 0.5) is 4.79 Å². The van der Waals surface area contributed by atoms with Crippen LogP contribution in [-0.2, 0) is 9.59 Å². The Morgan fingerprint density at radius 1 is 1.32 bits per heavy atom. The van der Waals surface area contributed by atoms with E-state index in [2.05, 4.69) is 10.6 Å². The minimum absolute atomic E-state index is 0.104. The molecule has 1 saturated heterocycles. The normalized spacial score (nSPS) is 36.4. The second-order valence-corrected chi connectivity index (χ2v) is 7.20. The van der Waals surface area contributed by atoms with Crippen LogP contribution in [0.25, 0.3) is 0 Å². The van der Waals surface area contributed by atoms with Crippen molar-refractivity contribution in [3.8, 4) is 0 Å². The van der Waals surface area contributed by atoms with Crippen molar-refractivity contribution < 1.29 is 19.5 Å². The Kier molecular flexibility index (Phi) is 4.99. The van der Waals surface area contributed by atoms with Crippen molar-refractivity contribution in [2.75, 3.05) is 13.1 Å². The number of carbonyl (C=O) groups is 3. The van der Waals surface area contributed by atoms with Crippen LogP contribution in [0.2, 0.25) is 0 Å². The first-order chi connectivity index (χ1) is 11.9. The lowest BCUT2D eigenvalue weighted by Crippen LogP contribution is -2.55. The number of aliphatic hydroxyl groups excluding tert-OH is 1. The van der Waals surface area contributed by atoms with Gasteiger partial charge in [0.2, 0.25) is 11.8 Å². The van der Waals surface area contributed by atoms with E-state index in [1.165, 1.54) is 4.90 Å². The van der Waals surface area contributed by atoms with Crippen LogP contribution >= 0.6 is 0 Å². The van der Waals surface area contributed by atoms with Gasteiger partial charge >= 0.3 is 6.03 Å². The third-order valence-electron chi connectivity index (χ3n) is 5.34. The minimum Gasteiger partial charge on any atom is -0.391 e. The zero-order chi connectivity index (χ0) is 18.0. The van der Waals surface area contributed by atoms with Crippen LogP contribution in [-0.4, -0.2) is 58.6 Å². The summed E-state index contributed by atoms with van der Waals surface area (Å²) in [6.07, 6.45) is 7.62. The number of primary amides is 1. The zero-order valence-electron chi connectivity index (χ0n) is 14.2. The monoisotopic (exact) mass is 350 g/mol. The number of aliphatic hydroxyl groups is 1. The molecule has 0 aromatic rings. The van der Waals surface area contributed by atoms with Gasteiger partial charge in [0.05, 0.1) is 6.10 Å². The summed E-state index contributed by atoms with van der Waals surface area (Å²) in [5.41, 5.74) is 4.46. The van der Waals surface area contributed by atoms with E-state index in [1.807, 2.05) is 12.2 Å². The Morgan fingerprint density at radius 2 is 2.12 bits per heavy atom. The first-order valence-electron chi connectivity index (χ1n) is 8.95. The van der Waals surface area contributed by atoms with Gasteiger partial charge in [0.25, 0.3) is 0 Å². The van der Waals surface area contributed by atoms with Crippen molar-refractivity contribution in [3.63, 3.8) is 0 Å². The molecule has 4 atom stereocenters. The molecule has 1 saturated carbocycles. The number of rotatable bonds is 1. The molecule has 0 spiro atoms. The van der Waals surface area contributed by atoms with Crippen LogP contribution in [0, 0.1) is 5.92 Å². The van der Waals surface area contributed by atoms with Crippen molar-refractivity contribution in [1.29, 1.82) is 0 Å². The number of carbonyl (C=O) groups excluding carboxylic acids is 3. The molecule has 0 aromatic heterocycles. The smallest absolute Gasteiger partial charge is 0.318 e. The quantitative estimate of drug-likeness (QED) is 0.481. The maximum atomic E-state index is 12.7. The summed E-state index contributed by atoms with van der Waals surface area (Å²) >= 11 is 0. The largest absolute Gasteiger partial charge is 0.391 e. The number of hydrogen-bond donors (Lipinski definition) is 4. The van der Waals surface area contributed by atoms with Crippen molar-refractivity contribution in [2.45, 2.75) is 56.2 Å². The molecule has 2 aliphatic heterocycles. The van der Waals surface area contributed by atoms with E-state index in [0.717, 1.165) is 25.7 Å². The molecule has 25 heavy (non-hydrogen) atoms. The van der Waals surface area contributed by atoms with Gasteiger partial charge in [0, 0.05) is 25.4 Å². The summed E-state index contributed by atoms with van der Waals surface area (Å²) in [5, 5.41) is 15.5. The number of allylic oxidation sites excluding steroid dienone is 1. The molecule has 2 heterocycles. The van der Waals surface area contributed by atoms with Crippen LogP contribution in [0.1, 0.15) is 38.5 Å². The fourth-order valence-electron chi connectivity index (χ4n) is 3.72. The van der Waals surface area contributed by atoms with Crippen molar-refractivity contribution >= 4 is 17.8 Å². The average molecular weight is 350 g/mol. The molecule has 4 unspecified atom stereocenters. The highest BCUT2D eigenvalue weighted by Crippen LogP contribution is 2.44. The lowest BCUT2D eigenvalue weighted by Gasteiger charge is -2.26. The minimum atomic E-state index is -1.07. The Hall–Kier alpha value is -2.09. The van der Waals surface area contributed by atoms with Gasteiger partial charge in [-0.3, -0.25) is 9.59 Å². The van der Waals surface area contributed by atoms with Crippen molar-refractivity contribution in [1.82, 2.24) is 15.5 Å². The van der Waals surface area contributed by atoms with E-state index in [4.69, 9.17) is 5.73 Å². The van der Waals surface area contributed by atoms with Crippen LogP contribution in [0.5, 0.6) is 0 Å². The van der Waals surface area contributed by atoms with Gasteiger partial charge in [-0.15, -0.1) is 0 Å². The number of hydrogen-bond acceptors (Lipinski definition) is 4. The third kappa shape index (κ3) is 3.63. The maximum Gasteiger partial charge on any atom is 0.318 e. The van der Waals surface area contributed by atoms with Crippen molar-refractivity contribution in [2.24, 2.45) is 11.7 Å². The van der Waals surface area contributed by atoms with Gasteiger partial charge in [0.15, 0.2) is 0 Å². The molecule has 0 aromatic carbocycles. The van der Waals surface area contributed by atoms with Gasteiger partial charge in [-0.2, -0.15) is 0 Å². The van der Waals surface area contributed by atoms with Crippen LogP contribution in [0.3, 0.4) is 0 Å². The molecule has 1 aliphatic carbocycles. The second kappa shape index (κ2) is 7.03. The molecule has 2 fully saturated rings. The Bertz CT molecular complexity index is 593. The predicted molar refractivity (Wildman–Crippen MR) is 90.3 cm³/mol. The van der Waals surface area contributed by atoms with Gasteiger partial charge in [-0.1, -0.05) is 18.6 Å². The van der Waals surface area contributed by atoms with E-state index in [1.54, 1.807) is 0 Å². The summed E-state index contributed by atoms with van der Waals surface area (Å²) in [4.78, 5) is 38.3. The second-order valence-electron chi connectivity index (χ2n) is 7.20. The van der Waals surface area contributed by atoms with E-state index in [-0.39, 0.29) is 24.9 Å². The summed E-state index contributed by atoms with van der Waals surface area (Å²) in [7, 11) is 0. The molecule has 0 radical (unpaired) electrons. The van der Waals surface area contributed by atoms with Gasteiger partial charge < -0.3 is 26.4 Å². The Labute approximate surface area is 146 Å². The number of nitrogens with zero attached hydrogens (tertiary/aromatic N) is 1. The summed E-state index contributed by atoms with van der Waals surface area (Å²) < 4.78 is 0. The Morgan fingerprint density at radius 3 is 2.88 bits per heavy atom. The number of amides is 4. The topological polar surface area (TPSA) is 125 Å². The molecule has 0 bridgehead atoms. The van der Waals surface area contributed by atoms with E-state index < -0.39 is 29.5 Å². The molecule has 8 nitrogen and oxygen atoms in total. The van der Waals surface area contributed by atoms with Crippen molar-refractivity contribution in [3.05, 3.63) is 12.2 Å². The fraction of sp³-hybridized carbons (Fsp3) is 0.706. The molecule has 138 valence electrons. The van der Waals surface area contributed by atoms with Crippen LogP contribution in [0.15, 0.2) is 12.2 Å². The van der Waals surface area contributed by atoms with Gasteiger partial charge in [-0.05, 0) is 25.7 Å². The van der Waals surface area contributed by atoms with Gasteiger partial charge in [0.1, 0.15) is 11.6 Å². The highest BCUT2D eigenvalue weighted by atomic mass is 16.3. The summed E-state index contributed by atoms with van der Waals surface area (Å²) in [6, 6.07) is -1.15. The first kappa shape index (κ1) is 17.7. The summed E-state index contributed by atoms with van der Waals surface area (Å²) in [6.45, 7) is 0.647. The molecular weight excluding hydrogens is 324 g/mol. The fourth-order valence-corrected chi connectivity index (χ4v) is 3.72. The van der Waals surface area contributed by atoms with E-state index in [0.29, 0.717) is 13.0 Å². The standard InChI is InChI=1S/C17H26N4O4/c18-15(24)17-9-11(17)6-4-2-1-3-5-7-19-16(25)21-10-12(22)8-13(21)14(23)20-17/h4,6,11-13,22H,1-3,5,7-10H2,(H2,18,24)(H,19,25)(H,20,23). The Balaban J connectivity index is 1.79. The molecule has 8 heteroatoms. The van der Waals surface area contributed by atoms with Gasteiger partial charge in [-0.25, -0.2) is 4.79 Å². The van der Waals surface area contributed by atoms with Crippen LogP contribution < -0.4 is 16.4 Å². The number of fused-ring (bicyclic) bond motifs is 2. The van der Waals surface area contributed by atoms with E-state index >= 15 is 0 Å². The lowest BCUT2D eigenvalue weighted by molar-refractivity contribution is -0.130.